The lowest BCUT2D eigenvalue weighted by atomic mass is 10.2. The number of carbonyl (C=O) groups excluding carboxylic acids is 2. The number of nitrogens with one attached hydrogen (secondary N) is 2. The summed E-state index contributed by atoms with van der Waals surface area (Å²) in [7, 11) is 0. The third-order valence-corrected chi connectivity index (χ3v) is 4.76. The van der Waals surface area contributed by atoms with Gasteiger partial charge in [0.2, 0.25) is 5.91 Å². The van der Waals surface area contributed by atoms with E-state index < -0.39 is 23.4 Å². The topological polar surface area (TPSA) is 102 Å². The molecule has 2 amide bonds. The predicted molar refractivity (Wildman–Crippen MR) is 109 cm³/mol. The van der Waals surface area contributed by atoms with E-state index >= 15 is 0 Å². The summed E-state index contributed by atoms with van der Waals surface area (Å²) in [6.45, 7) is 0.323. The van der Waals surface area contributed by atoms with Gasteiger partial charge in [0.15, 0.2) is 0 Å². The second-order valence-electron chi connectivity index (χ2n) is 6.96. The van der Waals surface area contributed by atoms with Crippen LogP contribution in [0.25, 0.3) is 10.9 Å². The van der Waals surface area contributed by atoms with Gasteiger partial charge in [0.05, 0.1) is 17.2 Å². The number of carbonyl (C=O) groups is 2. The number of hydrogen-bond acceptors (Lipinski definition) is 5. The third kappa shape index (κ3) is 4.36. The van der Waals surface area contributed by atoms with Crippen LogP contribution in [0.1, 0.15) is 12.8 Å². The van der Waals surface area contributed by atoms with Gasteiger partial charge in [-0.1, -0.05) is 0 Å². The molecular formula is C21H19FN4O4. The molecule has 0 bridgehead atoms. The number of aromatic nitrogens is 2. The number of anilines is 2. The Morgan fingerprint density at radius 1 is 1.13 bits per heavy atom. The molecule has 1 atom stereocenters. The zero-order valence-electron chi connectivity index (χ0n) is 15.9. The van der Waals surface area contributed by atoms with Gasteiger partial charge in [-0.15, -0.1) is 0 Å². The SMILES string of the molecule is O=C(Cn1cnc2ccc(F)cc2c1=O)Nc1ccc(NC(=O)[C@H]2CCCO2)cc1. The van der Waals surface area contributed by atoms with E-state index in [2.05, 4.69) is 15.6 Å². The fourth-order valence-electron chi connectivity index (χ4n) is 3.24. The van der Waals surface area contributed by atoms with E-state index in [0.717, 1.165) is 17.1 Å². The summed E-state index contributed by atoms with van der Waals surface area (Å²) in [5, 5.41) is 5.56. The van der Waals surface area contributed by atoms with E-state index in [1.54, 1.807) is 24.3 Å². The molecule has 0 radical (unpaired) electrons. The molecular weight excluding hydrogens is 391 g/mol. The molecule has 0 saturated carbocycles. The van der Waals surface area contributed by atoms with Crippen LogP contribution in [0.2, 0.25) is 0 Å². The molecule has 154 valence electrons. The molecule has 0 aliphatic carbocycles. The number of rotatable bonds is 5. The Hall–Kier alpha value is -3.59. The van der Waals surface area contributed by atoms with Crippen LogP contribution in [0.4, 0.5) is 15.8 Å². The summed E-state index contributed by atoms with van der Waals surface area (Å²) in [6, 6.07) is 10.3. The van der Waals surface area contributed by atoms with E-state index in [0.29, 0.717) is 29.9 Å². The molecule has 1 aromatic heterocycles. The van der Waals surface area contributed by atoms with Crippen LogP contribution in [0.15, 0.2) is 53.6 Å². The van der Waals surface area contributed by atoms with Crippen LogP contribution >= 0.6 is 0 Å². The normalized spacial score (nSPS) is 15.8. The van der Waals surface area contributed by atoms with Crippen molar-refractivity contribution in [2.45, 2.75) is 25.5 Å². The van der Waals surface area contributed by atoms with Crippen molar-refractivity contribution in [3.05, 3.63) is 65.0 Å². The maximum absolute atomic E-state index is 13.4. The molecule has 2 heterocycles. The Labute approximate surface area is 170 Å². The first-order chi connectivity index (χ1) is 14.5. The summed E-state index contributed by atoms with van der Waals surface area (Å²) in [6.07, 6.45) is 2.40. The molecule has 1 aliphatic heterocycles. The minimum Gasteiger partial charge on any atom is -0.368 e. The highest BCUT2D eigenvalue weighted by Crippen LogP contribution is 2.17. The molecule has 0 unspecified atom stereocenters. The van der Waals surface area contributed by atoms with Gasteiger partial charge < -0.3 is 15.4 Å². The Morgan fingerprint density at radius 3 is 2.57 bits per heavy atom. The molecule has 9 heteroatoms. The zero-order valence-corrected chi connectivity index (χ0v) is 15.9. The van der Waals surface area contributed by atoms with Crippen LogP contribution in [0.3, 0.4) is 0 Å². The van der Waals surface area contributed by atoms with E-state index in [-0.39, 0.29) is 17.8 Å². The number of amides is 2. The first-order valence-electron chi connectivity index (χ1n) is 9.47. The van der Waals surface area contributed by atoms with Crippen LogP contribution in [-0.4, -0.2) is 34.1 Å². The van der Waals surface area contributed by atoms with Gasteiger partial charge in [-0.25, -0.2) is 9.37 Å². The van der Waals surface area contributed by atoms with Crippen LogP contribution < -0.4 is 16.2 Å². The lowest BCUT2D eigenvalue weighted by Crippen LogP contribution is -2.28. The lowest BCUT2D eigenvalue weighted by molar-refractivity contribution is -0.124. The van der Waals surface area contributed by atoms with E-state index in [1.165, 1.54) is 18.5 Å². The molecule has 1 saturated heterocycles. The van der Waals surface area contributed by atoms with E-state index in [4.69, 9.17) is 4.74 Å². The first-order valence-corrected chi connectivity index (χ1v) is 9.47. The van der Waals surface area contributed by atoms with Crippen LogP contribution in [0, 0.1) is 5.82 Å². The standard InChI is InChI=1S/C21H19FN4O4/c22-13-3-8-17-16(10-13)21(29)26(12-23-17)11-19(27)24-14-4-6-15(7-5-14)25-20(28)18-2-1-9-30-18/h3-8,10,12,18H,1-2,9,11H2,(H,24,27)(H,25,28)/t18-/m1/s1. The molecule has 2 aromatic carbocycles. The summed E-state index contributed by atoms with van der Waals surface area (Å²) >= 11 is 0. The van der Waals surface area contributed by atoms with Gasteiger partial charge in [0.25, 0.3) is 11.5 Å². The largest absolute Gasteiger partial charge is 0.368 e. The Bertz CT molecular complexity index is 1150. The first kappa shape index (κ1) is 19.7. The fraction of sp³-hybridized carbons (Fsp3) is 0.238. The number of nitrogens with zero attached hydrogens (tertiary/aromatic N) is 2. The maximum Gasteiger partial charge on any atom is 0.261 e. The summed E-state index contributed by atoms with van der Waals surface area (Å²) in [4.78, 5) is 40.9. The second-order valence-corrected chi connectivity index (χ2v) is 6.96. The highest BCUT2D eigenvalue weighted by atomic mass is 19.1. The number of ether oxygens (including phenoxy) is 1. The van der Waals surface area contributed by atoms with Gasteiger partial charge in [-0.3, -0.25) is 19.0 Å². The number of hydrogen-bond donors (Lipinski definition) is 2. The molecule has 8 nitrogen and oxygen atoms in total. The van der Waals surface area contributed by atoms with Gasteiger partial charge in [-0.2, -0.15) is 0 Å². The molecule has 1 fully saturated rings. The van der Waals surface area contributed by atoms with E-state index in [1.807, 2.05) is 0 Å². The van der Waals surface area contributed by atoms with Crippen molar-refractivity contribution >= 4 is 34.1 Å². The average molecular weight is 410 g/mol. The molecule has 1 aliphatic rings. The highest BCUT2D eigenvalue weighted by molar-refractivity contribution is 5.95. The Morgan fingerprint density at radius 2 is 1.87 bits per heavy atom. The van der Waals surface area contributed by atoms with Crippen molar-refractivity contribution in [3.63, 3.8) is 0 Å². The summed E-state index contributed by atoms with van der Waals surface area (Å²) in [5.41, 5.74) is 0.953. The monoisotopic (exact) mass is 410 g/mol. The van der Waals surface area contributed by atoms with Crippen molar-refractivity contribution in [2.24, 2.45) is 0 Å². The summed E-state index contributed by atoms with van der Waals surface area (Å²) in [5.74, 6) is -1.18. The fourth-order valence-corrected chi connectivity index (χ4v) is 3.24. The smallest absolute Gasteiger partial charge is 0.261 e. The molecule has 2 N–H and O–H groups in total. The average Bonchev–Trinajstić information content (AvgIpc) is 3.27. The Balaban J connectivity index is 1.39. The van der Waals surface area contributed by atoms with Crippen molar-refractivity contribution in [1.29, 1.82) is 0 Å². The second kappa shape index (κ2) is 8.42. The number of fused-ring (bicyclic) bond motifs is 1. The van der Waals surface area contributed by atoms with Crippen molar-refractivity contribution in [1.82, 2.24) is 9.55 Å². The van der Waals surface area contributed by atoms with Crippen LogP contribution in [-0.2, 0) is 20.9 Å². The van der Waals surface area contributed by atoms with Gasteiger partial charge in [0, 0.05) is 18.0 Å². The van der Waals surface area contributed by atoms with E-state index in [9.17, 15) is 18.8 Å². The molecule has 30 heavy (non-hydrogen) atoms. The van der Waals surface area contributed by atoms with Crippen LogP contribution in [0.5, 0.6) is 0 Å². The highest BCUT2D eigenvalue weighted by Gasteiger charge is 2.23. The third-order valence-electron chi connectivity index (χ3n) is 4.76. The van der Waals surface area contributed by atoms with Gasteiger partial charge in [-0.05, 0) is 55.3 Å². The maximum atomic E-state index is 13.4. The molecule has 4 rings (SSSR count). The van der Waals surface area contributed by atoms with Crippen molar-refractivity contribution in [2.75, 3.05) is 17.2 Å². The number of halogens is 1. The number of benzene rings is 2. The Kier molecular flexibility index (Phi) is 5.53. The minimum atomic E-state index is -0.546. The summed E-state index contributed by atoms with van der Waals surface area (Å²) < 4.78 is 19.9. The van der Waals surface area contributed by atoms with Gasteiger partial charge >= 0.3 is 0 Å². The van der Waals surface area contributed by atoms with Crippen molar-refractivity contribution in [3.8, 4) is 0 Å². The zero-order chi connectivity index (χ0) is 21.1. The van der Waals surface area contributed by atoms with Crippen molar-refractivity contribution < 1.29 is 18.7 Å². The lowest BCUT2D eigenvalue weighted by Gasteiger charge is -2.11. The quantitative estimate of drug-likeness (QED) is 0.672. The predicted octanol–water partition coefficient (Wildman–Crippen LogP) is 2.29. The minimum absolute atomic E-state index is 0.108. The van der Waals surface area contributed by atoms with Gasteiger partial charge in [0.1, 0.15) is 18.5 Å². The molecule has 0 spiro atoms. The molecule has 3 aromatic rings.